The Hall–Kier alpha value is -12.4. The highest BCUT2D eigenvalue weighted by Gasteiger charge is 2.27. The number of nitrogen functional groups attached to an aromatic ring is 5. The van der Waals surface area contributed by atoms with Gasteiger partial charge in [0, 0.05) is 127 Å². The van der Waals surface area contributed by atoms with Crippen LogP contribution in [0.5, 0.6) is 0 Å². The molecule has 13 rings (SSSR count). The highest BCUT2D eigenvalue weighted by molar-refractivity contribution is 7.90. The molecule has 14 N–H and O–H groups in total. The van der Waals surface area contributed by atoms with Gasteiger partial charge in [0.25, 0.3) is 11.8 Å². The second kappa shape index (κ2) is 38.2. The average molecular weight is 1520 g/mol. The Morgan fingerprint density at radius 1 is 0.459 bits per heavy atom. The summed E-state index contributed by atoms with van der Waals surface area (Å²) >= 11 is 0. The molecule has 0 radical (unpaired) electrons. The van der Waals surface area contributed by atoms with Crippen molar-refractivity contribution in [3.63, 3.8) is 0 Å². The van der Waals surface area contributed by atoms with Crippen LogP contribution in [0.3, 0.4) is 0 Å². The molecular weight excluding hydrogens is 1430 g/mol. The van der Waals surface area contributed by atoms with Gasteiger partial charge < -0.3 is 68.7 Å². The number of hydrogen-bond acceptors (Lipinski definition) is 27. The molecular formula is C76H87N21O10S2. The topological polar surface area (TPSA) is 465 Å². The number of benzene rings is 5. The summed E-state index contributed by atoms with van der Waals surface area (Å²) in [5, 5.41) is 11.4. The number of ether oxygens (including phenoxy) is 2. The zero-order valence-corrected chi connectivity index (χ0v) is 62.9. The van der Waals surface area contributed by atoms with E-state index in [1.807, 2.05) is 111 Å². The van der Waals surface area contributed by atoms with Crippen molar-refractivity contribution >= 4 is 84.6 Å². The van der Waals surface area contributed by atoms with E-state index in [-0.39, 0.29) is 57.3 Å². The smallest absolute Gasteiger partial charge is 0.254 e. The fourth-order valence-electron chi connectivity index (χ4n) is 10.8. The summed E-state index contributed by atoms with van der Waals surface area (Å²) in [4.78, 5) is 79.7. The Balaban J connectivity index is 0.000000158. The van der Waals surface area contributed by atoms with E-state index in [9.17, 15) is 31.2 Å². The van der Waals surface area contributed by atoms with E-state index in [0.717, 1.165) is 81.2 Å². The number of nitrogens with zero attached hydrogens (tertiary/aromatic N) is 12. The van der Waals surface area contributed by atoms with E-state index in [0.29, 0.717) is 105 Å². The summed E-state index contributed by atoms with van der Waals surface area (Å²) in [6.45, 7) is 11.9. The van der Waals surface area contributed by atoms with Gasteiger partial charge in [0.1, 0.15) is 17.4 Å². The maximum absolute atomic E-state index is 12.6. The number of nitrogens with one attached hydrogen (secondary N) is 4. The van der Waals surface area contributed by atoms with Crippen LogP contribution >= 0.6 is 0 Å². The molecule has 31 nitrogen and oxygen atoms in total. The van der Waals surface area contributed by atoms with Crippen molar-refractivity contribution in [2.45, 2.75) is 63.3 Å². The molecule has 11 aromatic rings. The number of aromatic nitrogens is 10. The summed E-state index contributed by atoms with van der Waals surface area (Å²) in [7, 11) is -3.18. The third kappa shape index (κ3) is 23.3. The Kier molecular flexibility index (Phi) is 28.3. The molecule has 0 atom stereocenters. The predicted molar refractivity (Wildman–Crippen MR) is 420 cm³/mol. The number of furan rings is 1. The van der Waals surface area contributed by atoms with Crippen molar-refractivity contribution in [3.8, 4) is 56.3 Å². The third-order valence-corrected chi connectivity index (χ3v) is 19.5. The first-order valence-corrected chi connectivity index (χ1v) is 37.9. The van der Waals surface area contributed by atoms with Gasteiger partial charge in [-0.1, -0.05) is 81.4 Å². The normalized spacial score (nSPS) is 12.7. The number of hydrogen-bond donors (Lipinski definition) is 9. The number of sulfonamides is 1. The summed E-state index contributed by atoms with van der Waals surface area (Å²) in [6, 6.07) is 48.1. The van der Waals surface area contributed by atoms with E-state index in [4.69, 9.17) is 42.6 Å². The molecule has 5 aromatic carbocycles. The van der Waals surface area contributed by atoms with Crippen molar-refractivity contribution < 1.29 is 45.1 Å². The first-order valence-electron chi connectivity index (χ1n) is 34.6. The lowest BCUT2D eigenvalue weighted by atomic mass is 10.1. The van der Waals surface area contributed by atoms with Gasteiger partial charge in [-0.3, -0.25) is 14.4 Å². The Morgan fingerprint density at radius 3 is 1.32 bits per heavy atom. The van der Waals surface area contributed by atoms with Crippen LogP contribution in [-0.4, -0.2) is 167 Å². The minimum Gasteiger partial charge on any atom is -0.467 e. The largest absolute Gasteiger partial charge is 0.467 e. The van der Waals surface area contributed by atoms with Crippen LogP contribution in [0.15, 0.2) is 184 Å². The minimum atomic E-state index is -3.50. The number of amides is 3. The lowest BCUT2D eigenvalue weighted by Crippen LogP contribution is -2.40. The molecule has 6 aromatic heterocycles. The fraction of sp³-hybridized carbons (Fsp3) is 0.250. The van der Waals surface area contributed by atoms with Crippen molar-refractivity contribution in [1.29, 1.82) is 0 Å². The van der Waals surface area contributed by atoms with Gasteiger partial charge in [-0.15, -0.1) is 0 Å². The molecule has 8 heterocycles. The van der Waals surface area contributed by atoms with Crippen LogP contribution in [0.25, 0.3) is 56.3 Å². The number of carbonyl (C=O) groups excluding carboxylic acids is 3. The molecule has 3 amide bonds. The van der Waals surface area contributed by atoms with Crippen LogP contribution in [-0.2, 0) is 59.9 Å². The van der Waals surface area contributed by atoms with Gasteiger partial charge in [0.05, 0.1) is 77.5 Å². The molecule has 0 saturated carbocycles. The van der Waals surface area contributed by atoms with Crippen LogP contribution in [0, 0.1) is 0 Å². The molecule has 0 bridgehead atoms. The molecule has 0 unspecified atom stereocenters. The SMILES string of the molecule is CCc1cc(-c2ccc(S(C)(=O)=O)cc2)nc(N)n1.CCc1cc(-c2cccc(C(=O)N3CCOCC3)c2)nc(N)n1.CCc1cc(-c2cccc(NC(C)=O)c2)nc(N)n1.CNc1cc(-c2ccc(C(=O)NCc3ccco3)cc2)nc(N)n1.CNc1cc(-c2ccc(S(=O)(=O)N3CCOCC3)cc2)nc(N)n1. The Labute approximate surface area is 632 Å². The summed E-state index contributed by atoms with van der Waals surface area (Å²) in [6.07, 6.45) is 5.10. The first kappa shape index (κ1) is 80.7. The molecule has 2 fully saturated rings. The molecule has 2 aliphatic heterocycles. The molecule has 568 valence electrons. The average Bonchev–Trinajstić information content (AvgIpc) is 0.859. The molecule has 0 aliphatic carbocycles. The van der Waals surface area contributed by atoms with Crippen LogP contribution in [0.1, 0.15) is 71.3 Å². The maximum atomic E-state index is 12.6. The van der Waals surface area contributed by atoms with E-state index >= 15 is 0 Å². The minimum absolute atomic E-state index is 0.0212. The van der Waals surface area contributed by atoms with E-state index in [2.05, 4.69) is 71.1 Å². The molecule has 0 spiro atoms. The highest BCUT2D eigenvalue weighted by atomic mass is 32.2. The number of sulfone groups is 1. The predicted octanol–water partition coefficient (Wildman–Crippen LogP) is 8.78. The number of carbonyl (C=O) groups is 3. The second-order valence-corrected chi connectivity index (χ2v) is 28.2. The lowest BCUT2D eigenvalue weighted by Gasteiger charge is -2.27. The zero-order valence-electron chi connectivity index (χ0n) is 61.3. The number of nitrogens with two attached hydrogens (primary N) is 5. The Bertz CT molecular complexity index is 5150. The summed E-state index contributed by atoms with van der Waals surface area (Å²) in [5.41, 5.74) is 40.8. The number of rotatable bonds is 18. The van der Waals surface area contributed by atoms with E-state index in [1.54, 1.807) is 99.2 Å². The van der Waals surface area contributed by atoms with Crippen molar-refractivity contribution in [1.82, 2.24) is 64.4 Å². The summed E-state index contributed by atoms with van der Waals surface area (Å²) < 4.78 is 65.1. The molecule has 33 heteroatoms. The second-order valence-electron chi connectivity index (χ2n) is 24.3. The zero-order chi connectivity index (χ0) is 78.2. The van der Waals surface area contributed by atoms with Crippen LogP contribution in [0.2, 0.25) is 0 Å². The van der Waals surface area contributed by atoms with Gasteiger partial charge in [-0.05, 0) is 110 Å². The third-order valence-electron chi connectivity index (χ3n) is 16.4. The quantitative estimate of drug-likeness (QED) is 0.0387. The van der Waals surface area contributed by atoms with Gasteiger partial charge in [0.15, 0.2) is 9.84 Å². The standard InChI is InChI=1S/C17H17N5O2.C17H20N4O2.C15H19N5O3S.C14H16N4O.C13H15N3O2S/c1-19-15-9-14(21-17(18)22-15)11-4-6-12(7-5-11)16(23)20-10-13-3-2-8-24-13;1-2-14-11-15(20-17(18)19-14)12-4-3-5-13(10-12)16(22)21-6-8-23-9-7-21;1-17-14-10-13(18-15(16)19-14)11-2-4-12(5-3-11)24(21,22)20-6-8-23-9-7-20;1-3-11-8-13(18-14(15)17-11)10-5-4-6-12(7-10)16-9(2)19;1-3-10-8-12(16-13(14)15-10)9-4-6-11(7-5-9)19(2,17)18/h2-9H,10H2,1H3,(H,20,23)(H3,18,19,21,22);3-5,10-11H,2,6-9H2,1H3,(H2,18,19,20);2-5,10H,6-9H2,1H3,(H3,16,17,18,19);4-8H,3H2,1-2H3,(H,16,19)(H2,15,17,18);4-8H,3H2,1-2H3,(H2,14,15,16). The number of aryl methyl sites for hydroxylation is 3. The number of morpholine rings is 2. The first-order chi connectivity index (χ1) is 52.3. The number of anilines is 8. The summed E-state index contributed by atoms with van der Waals surface area (Å²) in [5.74, 6) is 2.78. The van der Waals surface area contributed by atoms with Gasteiger partial charge in [-0.2, -0.15) is 14.3 Å². The van der Waals surface area contributed by atoms with Gasteiger partial charge >= 0.3 is 0 Å². The van der Waals surface area contributed by atoms with Crippen LogP contribution < -0.4 is 49.9 Å². The van der Waals surface area contributed by atoms with Crippen molar-refractivity contribution in [2.75, 3.05) is 118 Å². The van der Waals surface area contributed by atoms with Gasteiger partial charge in [-0.25, -0.2) is 56.7 Å². The van der Waals surface area contributed by atoms with Crippen molar-refractivity contribution in [3.05, 3.63) is 204 Å². The van der Waals surface area contributed by atoms with E-state index in [1.165, 1.54) is 17.5 Å². The van der Waals surface area contributed by atoms with E-state index < -0.39 is 19.9 Å². The van der Waals surface area contributed by atoms with Crippen LogP contribution in [0.4, 0.5) is 47.1 Å². The molecule has 2 aliphatic rings. The maximum Gasteiger partial charge on any atom is 0.254 e. The fourth-order valence-corrected chi connectivity index (χ4v) is 12.9. The Morgan fingerprint density at radius 2 is 0.881 bits per heavy atom. The highest BCUT2D eigenvalue weighted by Crippen LogP contribution is 2.28. The molecule has 109 heavy (non-hydrogen) atoms. The van der Waals surface area contributed by atoms with Crippen molar-refractivity contribution in [2.24, 2.45) is 0 Å². The molecule has 2 saturated heterocycles. The monoisotopic (exact) mass is 1520 g/mol. The van der Waals surface area contributed by atoms with Gasteiger partial charge in [0.2, 0.25) is 45.7 Å². The lowest BCUT2D eigenvalue weighted by molar-refractivity contribution is -0.114.